The van der Waals surface area contributed by atoms with Crippen LogP contribution < -0.4 is 20.9 Å². The molecule has 0 aromatic heterocycles. The van der Waals surface area contributed by atoms with Crippen molar-refractivity contribution >= 4 is 23.1 Å². The maximum atomic E-state index is 5.70. The van der Waals surface area contributed by atoms with Gasteiger partial charge in [0.1, 0.15) is 11.9 Å². The van der Waals surface area contributed by atoms with Gasteiger partial charge in [0.05, 0.1) is 0 Å². The Labute approximate surface area is 116 Å². The molecule has 0 saturated carbocycles. The molecule has 1 atom stereocenters. The number of thiocarbonyl (C=S) groups is 1. The van der Waals surface area contributed by atoms with Gasteiger partial charge in [-0.15, -0.1) is 0 Å². The summed E-state index contributed by atoms with van der Waals surface area (Å²) in [6, 6.07) is 17.5. The van der Waals surface area contributed by atoms with Crippen molar-refractivity contribution in [2.75, 3.05) is 4.90 Å². The van der Waals surface area contributed by atoms with Gasteiger partial charge in [-0.2, -0.15) is 0 Å². The first-order valence-electron chi connectivity index (χ1n) is 5.92. The molecule has 0 bridgehead atoms. The fourth-order valence-corrected chi connectivity index (χ4v) is 2.50. The molecule has 1 heterocycles. The highest BCUT2D eigenvalue weighted by molar-refractivity contribution is 7.80. The van der Waals surface area contributed by atoms with Crippen LogP contribution >= 0.6 is 12.2 Å². The van der Waals surface area contributed by atoms with Crippen LogP contribution in [0.25, 0.3) is 0 Å². The third kappa shape index (κ3) is 2.08. The molecule has 2 aromatic rings. The molecular weight excluding hydrogens is 258 g/mol. The van der Waals surface area contributed by atoms with Crippen LogP contribution in [0.4, 0.5) is 5.69 Å². The van der Waals surface area contributed by atoms with Crippen LogP contribution in [0.5, 0.6) is 5.75 Å². The van der Waals surface area contributed by atoms with Crippen LogP contribution in [0.3, 0.4) is 0 Å². The first kappa shape index (κ1) is 12.1. The standard InChI is InChI=1S/C14H13N3OS/c15-16-13-11-8-4-5-9-12(11)18-14(19)17(13)10-6-2-1-3-7-10/h1-9,13,16H,15H2. The lowest BCUT2D eigenvalue weighted by Gasteiger charge is -2.37. The maximum absolute atomic E-state index is 5.70. The van der Waals surface area contributed by atoms with E-state index in [4.69, 9.17) is 22.8 Å². The number of nitrogens with two attached hydrogens (primary N) is 1. The monoisotopic (exact) mass is 271 g/mol. The fraction of sp³-hybridized carbons (Fsp3) is 0.0714. The highest BCUT2D eigenvalue weighted by Gasteiger charge is 2.31. The van der Waals surface area contributed by atoms with Crippen LogP contribution in [-0.2, 0) is 0 Å². The van der Waals surface area contributed by atoms with E-state index in [1.54, 1.807) is 0 Å². The Morgan fingerprint density at radius 3 is 2.47 bits per heavy atom. The minimum atomic E-state index is -0.236. The molecule has 96 valence electrons. The molecule has 3 N–H and O–H groups in total. The number of nitrogens with one attached hydrogen (secondary N) is 1. The molecule has 3 rings (SSSR count). The largest absolute Gasteiger partial charge is 0.431 e. The average Bonchev–Trinajstić information content (AvgIpc) is 2.46. The van der Waals surface area contributed by atoms with Crippen molar-refractivity contribution in [1.29, 1.82) is 0 Å². The van der Waals surface area contributed by atoms with E-state index in [1.807, 2.05) is 59.5 Å². The summed E-state index contributed by atoms with van der Waals surface area (Å²) in [5.74, 6) is 6.44. The second-order valence-electron chi connectivity index (χ2n) is 4.18. The number of benzene rings is 2. The summed E-state index contributed by atoms with van der Waals surface area (Å²) >= 11 is 5.34. The summed E-state index contributed by atoms with van der Waals surface area (Å²) in [6.45, 7) is 0. The summed E-state index contributed by atoms with van der Waals surface area (Å²) in [5.41, 5.74) is 4.69. The van der Waals surface area contributed by atoms with E-state index < -0.39 is 0 Å². The lowest BCUT2D eigenvalue weighted by atomic mass is 10.1. The van der Waals surface area contributed by atoms with Crippen LogP contribution in [0.15, 0.2) is 54.6 Å². The van der Waals surface area contributed by atoms with Gasteiger partial charge in [0.15, 0.2) is 0 Å². The van der Waals surface area contributed by atoms with Gasteiger partial charge < -0.3 is 4.74 Å². The second-order valence-corrected chi connectivity index (χ2v) is 4.53. The molecule has 1 aliphatic heterocycles. The summed E-state index contributed by atoms with van der Waals surface area (Å²) in [6.07, 6.45) is -0.236. The smallest absolute Gasteiger partial charge is 0.271 e. The molecular formula is C14H13N3OS. The fourth-order valence-electron chi connectivity index (χ4n) is 2.19. The number of hydrazine groups is 1. The van der Waals surface area contributed by atoms with Crippen molar-refractivity contribution in [3.63, 3.8) is 0 Å². The third-order valence-corrected chi connectivity index (χ3v) is 3.34. The molecule has 19 heavy (non-hydrogen) atoms. The summed E-state index contributed by atoms with van der Waals surface area (Å²) in [7, 11) is 0. The number of ether oxygens (including phenoxy) is 1. The molecule has 0 spiro atoms. The zero-order valence-corrected chi connectivity index (χ0v) is 10.9. The van der Waals surface area contributed by atoms with E-state index in [1.165, 1.54) is 0 Å². The predicted octanol–water partition coefficient (Wildman–Crippen LogP) is 2.33. The predicted molar refractivity (Wildman–Crippen MR) is 78.7 cm³/mol. The maximum Gasteiger partial charge on any atom is 0.271 e. The summed E-state index contributed by atoms with van der Waals surface area (Å²) in [5, 5.41) is 0.382. The van der Waals surface area contributed by atoms with Gasteiger partial charge in [-0.3, -0.25) is 10.7 Å². The Balaban J connectivity index is 2.09. The molecule has 4 nitrogen and oxygen atoms in total. The molecule has 0 saturated heterocycles. The van der Waals surface area contributed by atoms with Crippen molar-refractivity contribution in [2.45, 2.75) is 6.17 Å². The van der Waals surface area contributed by atoms with E-state index in [-0.39, 0.29) is 6.17 Å². The normalized spacial score (nSPS) is 17.8. The average molecular weight is 271 g/mol. The van der Waals surface area contributed by atoms with Crippen molar-refractivity contribution in [3.8, 4) is 5.75 Å². The third-order valence-electron chi connectivity index (χ3n) is 3.06. The van der Waals surface area contributed by atoms with Gasteiger partial charge in [-0.1, -0.05) is 36.4 Å². The SMILES string of the molecule is NNC1c2ccccc2OC(=S)N1c1ccccc1. The molecule has 1 aliphatic rings. The van der Waals surface area contributed by atoms with Crippen LogP contribution in [0, 0.1) is 0 Å². The van der Waals surface area contributed by atoms with Crippen molar-refractivity contribution in [2.24, 2.45) is 5.84 Å². The number of hydrogen-bond acceptors (Lipinski definition) is 4. The molecule has 2 aromatic carbocycles. The highest BCUT2D eigenvalue weighted by Crippen LogP contribution is 2.35. The summed E-state index contributed by atoms with van der Waals surface area (Å²) < 4.78 is 5.69. The van der Waals surface area contributed by atoms with Gasteiger partial charge in [-0.25, -0.2) is 5.43 Å². The molecule has 0 radical (unpaired) electrons. The minimum absolute atomic E-state index is 0.236. The number of hydrogen-bond donors (Lipinski definition) is 2. The van der Waals surface area contributed by atoms with Crippen molar-refractivity contribution in [3.05, 3.63) is 60.2 Å². The first-order valence-corrected chi connectivity index (χ1v) is 6.33. The van der Waals surface area contributed by atoms with Gasteiger partial charge >= 0.3 is 0 Å². The van der Waals surface area contributed by atoms with E-state index in [0.717, 1.165) is 17.0 Å². The number of fused-ring (bicyclic) bond motifs is 1. The zero-order chi connectivity index (χ0) is 13.2. The number of anilines is 1. The molecule has 0 fully saturated rings. The topological polar surface area (TPSA) is 50.5 Å². The van der Waals surface area contributed by atoms with Gasteiger partial charge in [0, 0.05) is 11.3 Å². The lowest BCUT2D eigenvalue weighted by Crippen LogP contribution is -2.49. The van der Waals surface area contributed by atoms with Crippen LogP contribution in [-0.4, -0.2) is 5.17 Å². The Bertz CT molecular complexity index is 603. The molecule has 0 aliphatic carbocycles. The van der Waals surface area contributed by atoms with Crippen molar-refractivity contribution < 1.29 is 4.74 Å². The van der Waals surface area contributed by atoms with E-state index >= 15 is 0 Å². The highest BCUT2D eigenvalue weighted by atomic mass is 32.1. The zero-order valence-electron chi connectivity index (χ0n) is 10.1. The minimum Gasteiger partial charge on any atom is -0.431 e. The van der Waals surface area contributed by atoms with Gasteiger partial charge in [-0.05, 0) is 30.4 Å². The molecule has 5 heteroatoms. The quantitative estimate of drug-likeness (QED) is 0.499. The van der Waals surface area contributed by atoms with Crippen LogP contribution in [0.1, 0.15) is 11.7 Å². The van der Waals surface area contributed by atoms with Crippen molar-refractivity contribution in [1.82, 2.24) is 5.43 Å². The Morgan fingerprint density at radius 2 is 1.74 bits per heavy atom. The Morgan fingerprint density at radius 1 is 1.05 bits per heavy atom. The number of para-hydroxylation sites is 2. The van der Waals surface area contributed by atoms with Crippen LogP contribution in [0.2, 0.25) is 0 Å². The first-order chi connectivity index (χ1) is 9.31. The Kier molecular flexibility index (Phi) is 3.16. The van der Waals surface area contributed by atoms with Gasteiger partial charge in [0.25, 0.3) is 5.17 Å². The summed E-state index contributed by atoms with van der Waals surface area (Å²) in [4.78, 5) is 1.86. The van der Waals surface area contributed by atoms with E-state index in [2.05, 4.69) is 5.43 Å². The Hall–Kier alpha value is -1.95. The molecule has 0 amide bonds. The number of rotatable bonds is 2. The molecule has 1 unspecified atom stereocenters. The second kappa shape index (κ2) is 4.97. The lowest BCUT2D eigenvalue weighted by molar-refractivity contribution is 0.449. The van der Waals surface area contributed by atoms with Gasteiger partial charge in [0.2, 0.25) is 0 Å². The van der Waals surface area contributed by atoms with E-state index in [0.29, 0.717) is 5.17 Å². The number of nitrogens with zero attached hydrogens (tertiary/aromatic N) is 1. The van der Waals surface area contributed by atoms with E-state index in [9.17, 15) is 0 Å².